The van der Waals surface area contributed by atoms with Crippen LogP contribution >= 0.6 is 0 Å². The molecule has 1 saturated carbocycles. The van der Waals surface area contributed by atoms with Crippen molar-refractivity contribution in [3.63, 3.8) is 0 Å². The molecule has 0 radical (unpaired) electrons. The fourth-order valence-electron chi connectivity index (χ4n) is 2.73. The number of urea groups is 1. The van der Waals surface area contributed by atoms with Gasteiger partial charge in [-0.2, -0.15) is 0 Å². The van der Waals surface area contributed by atoms with Gasteiger partial charge in [-0.3, -0.25) is 0 Å². The lowest BCUT2D eigenvalue weighted by atomic mass is 9.64. The Morgan fingerprint density at radius 2 is 2.00 bits per heavy atom. The van der Waals surface area contributed by atoms with E-state index in [-0.39, 0.29) is 29.6 Å². The topological polar surface area (TPSA) is 76.4 Å². The van der Waals surface area contributed by atoms with Gasteiger partial charge in [-0.1, -0.05) is 26.0 Å². The van der Waals surface area contributed by atoms with Gasteiger partial charge < -0.3 is 21.1 Å². The number of methoxy groups -OCH3 is 1. The summed E-state index contributed by atoms with van der Waals surface area (Å²) in [6.07, 6.45) is 1.05. The Balaban J connectivity index is 1.88. The molecule has 2 amide bonds. The van der Waals surface area contributed by atoms with E-state index in [1.807, 2.05) is 31.2 Å². The predicted molar refractivity (Wildman–Crippen MR) is 84.2 cm³/mol. The molecule has 0 saturated heterocycles. The van der Waals surface area contributed by atoms with Crippen LogP contribution in [-0.2, 0) is 4.74 Å². The van der Waals surface area contributed by atoms with Crippen molar-refractivity contribution < 1.29 is 9.53 Å². The second kappa shape index (κ2) is 6.03. The van der Waals surface area contributed by atoms with Crippen molar-refractivity contribution in [1.29, 1.82) is 0 Å². The highest BCUT2D eigenvalue weighted by Crippen LogP contribution is 2.42. The van der Waals surface area contributed by atoms with Crippen LogP contribution in [0.15, 0.2) is 24.3 Å². The van der Waals surface area contributed by atoms with Crippen molar-refractivity contribution in [2.45, 2.75) is 45.4 Å². The maximum Gasteiger partial charge on any atom is 0.319 e. The number of carbonyl (C=O) groups excluding carboxylic acids is 1. The van der Waals surface area contributed by atoms with Crippen molar-refractivity contribution >= 4 is 11.7 Å². The summed E-state index contributed by atoms with van der Waals surface area (Å²) in [5.41, 5.74) is 7.57. The van der Waals surface area contributed by atoms with Crippen molar-refractivity contribution in [3.8, 4) is 0 Å². The molecule has 5 nitrogen and oxygen atoms in total. The quantitative estimate of drug-likeness (QED) is 0.798. The first kappa shape index (κ1) is 15.8. The van der Waals surface area contributed by atoms with E-state index in [1.165, 1.54) is 0 Å². The van der Waals surface area contributed by atoms with Gasteiger partial charge in [0, 0.05) is 30.3 Å². The van der Waals surface area contributed by atoms with E-state index >= 15 is 0 Å². The van der Waals surface area contributed by atoms with E-state index < -0.39 is 0 Å². The zero-order valence-corrected chi connectivity index (χ0v) is 13.1. The van der Waals surface area contributed by atoms with E-state index in [9.17, 15) is 4.79 Å². The molecule has 1 aliphatic carbocycles. The van der Waals surface area contributed by atoms with Crippen LogP contribution in [0.3, 0.4) is 0 Å². The minimum atomic E-state index is -0.184. The standard InChI is InChI=1S/C16H25N3O2/c1-10(17)11-5-7-12(8-6-11)18-15(20)19-13-9-14(21-4)16(13,2)3/h5-8,10,13-14H,9,17H2,1-4H3,(H2,18,19,20). The zero-order chi connectivity index (χ0) is 15.6. The third kappa shape index (κ3) is 3.36. The summed E-state index contributed by atoms with van der Waals surface area (Å²) >= 11 is 0. The minimum Gasteiger partial charge on any atom is -0.381 e. The molecule has 116 valence electrons. The fraction of sp³-hybridized carbons (Fsp3) is 0.562. The van der Waals surface area contributed by atoms with Gasteiger partial charge in [-0.15, -0.1) is 0 Å². The Morgan fingerprint density at radius 1 is 1.38 bits per heavy atom. The summed E-state index contributed by atoms with van der Waals surface area (Å²) < 4.78 is 5.38. The smallest absolute Gasteiger partial charge is 0.319 e. The van der Waals surface area contributed by atoms with E-state index in [1.54, 1.807) is 7.11 Å². The van der Waals surface area contributed by atoms with Gasteiger partial charge in [0.25, 0.3) is 0 Å². The van der Waals surface area contributed by atoms with E-state index in [2.05, 4.69) is 24.5 Å². The molecule has 0 heterocycles. The second-order valence-corrected chi connectivity index (χ2v) is 6.34. The number of hydrogen-bond donors (Lipinski definition) is 3. The monoisotopic (exact) mass is 291 g/mol. The largest absolute Gasteiger partial charge is 0.381 e. The van der Waals surface area contributed by atoms with Crippen molar-refractivity contribution in [2.24, 2.45) is 11.1 Å². The molecule has 0 bridgehead atoms. The molecule has 3 unspecified atom stereocenters. The van der Waals surface area contributed by atoms with Crippen molar-refractivity contribution in [2.75, 3.05) is 12.4 Å². The molecule has 5 heteroatoms. The Labute approximate surface area is 126 Å². The third-order valence-electron chi connectivity index (χ3n) is 4.46. The maximum atomic E-state index is 12.0. The lowest BCUT2D eigenvalue weighted by molar-refractivity contribution is -0.0931. The summed E-state index contributed by atoms with van der Waals surface area (Å²) in [6.45, 7) is 6.14. The first-order valence-electron chi connectivity index (χ1n) is 7.30. The van der Waals surface area contributed by atoms with E-state index in [0.717, 1.165) is 17.7 Å². The number of nitrogens with one attached hydrogen (secondary N) is 2. The molecule has 2 rings (SSSR count). The van der Waals surface area contributed by atoms with Crippen LogP contribution in [0.4, 0.5) is 10.5 Å². The molecule has 1 fully saturated rings. The van der Waals surface area contributed by atoms with Gasteiger partial charge in [0.1, 0.15) is 0 Å². The number of anilines is 1. The minimum absolute atomic E-state index is 0.00497. The summed E-state index contributed by atoms with van der Waals surface area (Å²) in [5, 5.41) is 5.85. The number of rotatable bonds is 4. The van der Waals surface area contributed by atoms with Crippen molar-refractivity contribution in [3.05, 3.63) is 29.8 Å². The zero-order valence-electron chi connectivity index (χ0n) is 13.1. The molecule has 3 atom stereocenters. The number of amides is 2. The number of benzene rings is 1. The highest BCUT2D eigenvalue weighted by atomic mass is 16.5. The van der Waals surface area contributed by atoms with Gasteiger partial charge in [0.05, 0.1) is 6.10 Å². The van der Waals surface area contributed by atoms with Gasteiger partial charge >= 0.3 is 6.03 Å². The van der Waals surface area contributed by atoms with Crippen molar-refractivity contribution in [1.82, 2.24) is 5.32 Å². The van der Waals surface area contributed by atoms with Gasteiger partial charge in [-0.25, -0.2) is 4.79 Å². The van der Waals surface area contributed by atoms with Crippen LogP contribution in [0.1, 0.15) is 38.8 Å². The van der Waals surface area contributed by atoms with Crippen LogP contribution in [0.2, 0.25) is 0 Å². The summed E-state index contributed by atoms with van der Waals surface area (Å²) in [5.74, 6) is 0. The Bertz CT molecular complexity index is 497. The molecule has 21 heavy (non-hydrogen) atoms. The van der Waals surface area contributed by atoms with E-state index in [4.69, 9.17) is 10.5 Å². The third-order valence-corrected chi connectivity index (χ3v) is 4.46. The van der Waals surface area contributed by atoms with E-state index in [0.29, 0.717) is 0 Å². The fourth-order valence-corrected chi connectivity index (χ4v) is 2.73. The Hall–Kier alpha value is -1.59. The van der Waals surface area contributed by atoms with Gasteiger partial charge in [0.2, 0.25) is 0 Å². The van der Waals surface area contributed by atoms with Crippen LogP contribution in [-0.4, -0.2) is 25.3 Å². The molecular formula is C16H25N3O2. The second-order valence-electron chi connectivity index (χ2n) is 6.34. The molecule has 0 aliphatic heterocycles. The number of ether oxygens (including phenoxy) is 1. The van der Waals surface area contributed by atoms with Gasteiger partial charge in [0.15, 0.2) is 0 Å². The molecule has 0 aromatic heterocycles. The lowest BCUT2D eigenvalue weighted by Crippen LogP contribution is -2.62. The first-order valence-corrected chi connectivity index (χ1v) is 7.30. The predicted octanol–water partition coefficient (Wildman–Crippen LogP) is 2.64. The summed E-state index contributed by atoms with van der Waals surface area (Å²) in [4.78, 5) is 12.0. The first-order chi connectivity index (χ1) is 9.84. The molecule has 4 N–H and O–H groups in total. The molecule has 1 aromatic rings. The highest BCUT2D eigenvalue weighted by Gasteiger charge is 2.49. The SMILES string of the molecule is COC1CC(NC(=O)Nc2ccc(C(C)N)cc2)C1(C)C. The maximum absolute atomic E-state index is 12.0. The average molecular weight is 291 g/mol. The normalized spacial score (nSPS) is 24.8. The molecule has 1 aliphatic rings. The number of nitrogens with two attached hydrogens (primary N) is 1. The summed E-state index contributed by atoms with van der Waals surface area (Å²) in [7, 11) is 1.71. The Kier molecular flexibility index (Phi) is 4.54. The highest BCUT2D eigenvalue weighted by molar-refractivity contribution is 5.89. The van der Waals surface area contributed by atoms with Crippen LogP contribution < -0.4 is 16.4 Å². The summed E-state index contributed by atoms with van der Waals surface area (Å²) in [6, 6.07) is 7.52. The van der Waals surface area contributed by atoms with Crippen LogP contribution in [0.5, 0.6) is 0 Å². The average Bonchev–Trinajstić information content (AvgIpc) is 2.43. The number of carbonyl (C=O) groups is 1. The molecule has 0 spiro atoms. The molecular weight excluding hydrogens is 266 g/mol. The van der Waals surface area contributed by atoms with Crippen LogP contribution in [0, 0.1) is 5.41 Å². The lowest BCUT2D eigenvalue weighted by Gasteiger charge is -2.51. The van der Waals surface area contributed by atoms with Gasteiger partial charge in [-0.05, 0) is 31.0 Å². The Morgan fingerprint density at radius 3 is 2.48 bits per heavy atom. The van der Waals surface area contributed by atoms with Crippen LogP contribution in [0.25, 0.3) is 0 Å². The number of hydrogen-bond acceptors (Lipinski definition) is 3. The molecule has 1 aromatic carbocycles.